The fraction of sp³-hybridized carbons (Fsp3) is 0.0192. The van der Waals surface area contributed by atoms with E-state index in [1.165, 1.54) is 11.1 Å². The van der Waals surface area contributed by atoms with Gasteiger partial charge < -0.3 is 0 Å². The first-order valence-electron chi connectivity index (χ1n) is 19.1. The second kappa shape index (κ2) is 14.5. The van der Waals surface area contributed by atoms with Crippen LogP contribution in [0.4, 0.5) is 0 Å². The van der Waals surface area contributed by atoms with E-state index in [2.05, 4.69) is 146 Å². The Kier molecular flexibility index (Phi) is 8.65. The van der Waals surface area contributed by atoms with Crippen LogP contribution in [-0.4, -0.2) is 24.9 Å². The lowest BCUT2D eigenvalue weighted by Crippen LogP contribution is -2.00. The zero-order chi connectivity index (χ0) is 38.1. The number of hydrogen-bond donors (Lipinski definition) is 0. The third kappa shape index (κ3) is 6.72. The predicted octanol–water partition coefficient (Wildman–Crippen LogP) is 12.9. The minimum Gasteiger partial charge on any atom is -0.245 e. The Labute approximate surface area is 331 Å². The number of pyridine rings is 2. The number of aromatic nitrogens is 5. The van der Waals surface area contributed by atoms with Crippen LogP contribution in [0.1, 0.15) is 5.56 Å². The average molecular weight is 730 g/mol. The number of rotatable bonds is 7. The molecule has 7 aromatic carbocycles. The molecule has 0 atom stereocenters. The zero-order valence-electron chi connectivity index (χ0n) is 31.2. The first kappa shape index (κ1) is 33.9. The standard InChI is InChI=1S/C52H35N5/c1-34-32-47(38-14-7-3-8-15-38)54-49-45(34)30-28-39-29-31-46(53-48(39)49)44-19-11-18-43(33-44)37-22-26-42(27-23-37)52-56-50(40-16-9-4-10-17-40)55-51(57-52)41-24-20-36(21-25-41)35-12-5-2-6-13-35/h2-33H,1H3. The Bertz CT molecular complexity index is 3040. The molecule has 0 unspecified atom stereocenters. The summed E-state index contributed by atoms with van der Waals surface area (Å²) >= 11 is 0. The second-order valence-electron chi connectivity index (χ2n) is 14.2. The number of hydrogen-bond acceptors (Lipinski definition) is 5. The van der Waals surface area contributed by atoms with Crippen LogP contribution in [0.2, 0.25) is 0 Å². The van der Waals surface area contributed by atoms with E-state index in [1.807, 2.05) is 54.6 Å². The Morgan fingerprint density at radius 3 is 1.33 bits per heavy atom. The summed E-state index contributed by atoms with van der Waals surface area (Å²) in [6.45, 7) is 2.15. The summed E-state index contributed by atoms with van der Waals surface area (Å²) in [5.74, 6) is 1.89. The third-order valence-electron chi connectivity index (χ3n) is 10.5. The van der Waals surface area contributed by atoms with Crippen molar-refractivity contribution in [1.82, 2.24) is 24.9 Å². The van der Waals surface area contributed by atoms with E-state index in [0.717, 1.165) is 77.7 Å². The quantitative estimate of drug-likeness (QED) is 0.153. The molecule has 0 fully saturated rings. The molecule has 268 valence electrons. The van der Waals surface area contributed by atoms with E-state index in [9.17, 15) is 0 Å². The molecular weight excluding hydrogens is 695 g/mol. The van der Waals surface area contributed by atoms with E-state index in [1.54, 1.807) is 0 Å². The predicted molar refractivity (Wildman–Crippen MR) is 233 cm³/mol. The maximum Gasteiger partial charge on any atom is 0.164 e. The Morgan fingerprint density at radius 2 is 0.719 bits per heavy atom. The molecule has 0 spiro atoms. The van der Waals surface area contributed by atoms with Gasteiger partial charge in [-0.25, -0.2) is 24.9 Å². The fourth-order valence-corrected chi connectivity index (χ4v) is 7.42. The molecule has 0 aliphatic heterocycles. The highest BCUT2D eigenvalue weighted by Gasteiger charge is 2.15. The summed E-state index contributed by atoms with van der Waals surface area (Å²) in [5, 5.41) is 2.18. The molecular formula is C52H35N5. The van der Waals surface area contributed by atoms with Gasteiger partial charge in [-0.2, -0.15) is 0 Å². The smallest absolute Gasteiger partial charge is 0.164 e. The van der Waals surface area contributed by atoms with Crippen LogP contribution in [0.3, 0.4) is 0 Å². The maximum atomic E-state index is 5.24. The molecule has 5 heteroatoms. The Balaban J connectivity index is 0.986. The minimum absolute atomic E-state index is 0.623. The van der Waals surface area contributed by atoms with Crippen molar-refractivity contribution in [2.45, 2.75) is 6.92 Å². The summed E-state index contributed by atoms with van der Waals surface area (Å²) in [4.78, 5) is 25.3. The first-order valence-corrected chi connectivity index (χ1v) is 19.1. The third-order valence-corrected chi connectivity index (χ3v) is 10.5. The average Bonchev–Trinajstić information content (AvgIpc) is 3.29. The molecule has 0 radical (unpaired) electrons. The number of aryl methyl sites for hydroxylation is 1. The van der Waals surface area contributed by atoms with Crippen LogP contribution in [0.5, 0.6) is 0 Å². The lowest BCUT2D eigenvalue weighted by atomic mass is 9.99. The molecule has 0 aliphatic rings. The van der Waals surface area contributed by atoms with Gasteiger partial charge in [-0.15, -0.1) is 0 Å². The Hall–Kier alpha value is -7.63. The highest BCUT2D eigenvalue weighted by atomic mass is 15.0. The lowest BCUT2D eigenvalue weighted by Gasteiger charge is -2.11. The number of nitrogens with zero attached hydrogens (tertiary/aromatic N) is 5. The van der Waals surface area contributed by atoms with E-state index in [4.69, 9.17) is 24.9 Å². The Morgan fingerprint density at radius 1 is 0.281 bits per heavy atom. The van der Waals surface area contributed by atoms with Crippen molar-refractivity contribution in [3.8, 4) is 78.9 Å². The molecule has 10 aromatic rings. The molecule has 0 saturated carbocycles. The monoisotopic (exact) mass is 729 g/mol. The summed E-state index contributed by atoms with van der Waals surface area (Å²) in [5.41, 5.74) is 14.3. The van der Waals surface area contributed by atoms with Gasteiger partial charge in [0, 0.05) is 38.6 Å². The summed E-state index contributed by atoms with van der Waals surface area (Å²) in [7, 11) is 0. The molecule has 0 saturated heterocycles. The van der Waals surface area contributed by atoms with Crippen molar-refractivity contribution >= 4 is 21.8 Å². The van der Waals surface area contributed by atoms with Gasteiger partial charge in [-0.05, 0) is 52.9 Å². The number of fused-ring (bicyclic) bond motifs is 3. The van der Waals surface area contributed by atoms with E-state index < -0.39 is 0 Å². The molecule has 3 aromatic heterocycles. The van der Waals surface area contributed by atoms with E-state index in [-0.39, 0.29) is 0 Å². The largest absolute Gasteiger partial charge is 0.245 e. The van der Waals surface area contributed by atoms with Crippen LogP contribution < -0.4 is 0 Å². The van der Waals surface area contributed by atoms with Gasteiger partial charge in [-0.1, -0.05) is 176 Å². The van der Waals surface area contributed by atoms with Crippen molar-refractivity contribution in [1.29, 1.82) is 0 Å². The lowest BCUT2D eigenvalue weighted by molar-refractivity contribution is 1.07. The van der Waals surface area contributed by atoms with Gasteiger partial charge in [0.25, 0.3) is 0 Å². The van der Waals surface area contributed by atoms with Crippen LogP contribution in [0.25, 0.3) is 101 Å². The normalized spacial score (nSPS) is 11.2. The molecule has 3 heterocycles. The van der Waals surface area contributed by atoms with Crippen molar-refractivity contribution in [3.05, 3.63) is 200 Å². The van der Waals surface area contributed by atoms with Crippen LogP contribution in [0.15, 0.2) is 194 Å². The fourth-order valence-electron chi connectivity index (χ4n) is 7.42. The van der Waals surface area contributed by atoms with Gasteiger partial charge in [0.2, 0.25) is 0 Å². The molecule has 57 heavy (non-hydrogen) atoms. The molecule has 0 bridgehead atoms. The van der Waals surface area contributed by atoms with Crippen LogP contribution >= 0.6 is 0 Å². The van der Waals surface area contributed by atoms with Gasteiger partial charge in [0.15, 0.2) is 17.5 Å². The van der Waals surface area contributed by atoms with Crippen molar-refractivity contribution in [2.75, 3.05) is 0 Å². The minimum atomic E-state index is 0.623. The van der Waals surface area contributed by atoms with Gasteiger partial charge >= 0.3 is 0 Å². The highest BCUT2D eigenvalue weighted by molar-refractivity contribution is 6.05. The molecule has 0 N–H and O–H groups in total. The van der Waals surface area contributed by atoms with Gasteiger partial charge in [0.05, 0.1) is 22.4 Å². The van der Waals surface area contributed by atoms with Gasteiger partial charge in [0.1, 0.15) is 0 Å². The number of benzene rings is 7. The van der Waals surface area contributed by atoms with E-state index in [0.29, 0.717) is 17.5 Å². The molecule has 5 nitrogen and oxygen atoms in total. The molecule has 0 amide bonds. The van der Waals surface area contributed by atoms with Crippen molar-refractivity contribution < 1.29 is 0 Å². The van der Waals surface area contributed by atoms with Crippen molar-refractivity contribution in [2.24, 2.45) is 0 Å². The van der Waals surface area contributed by atoms with Crippen molar-refractivity contribution in [3.63, 3.8) is 0 Å². The van der Waals surface area contributed by atoms with Crippen LogP contribution in [-0.2, 0) is 0 Å². The zero-order valence-corrected chi connectivity index (χ0v) is 31.2. The summed E-state index contributed by atoms with van der Waals surface area (Å²) < 4.78 is 0. The molecule has 0 aliphatic carbocycles. The topological polar surface area (TPSA) is 64.5 Å². The van der Waals surface area contributed by atoms with Crippen LogP contribution in [0, 0.1) is 6.92 Å². The van der Waals surface area contributed by atoms with E-state index >= 15 is 0 Å². The second-order valence-corrected chi connectivity index (χ2v) is 14.2. The molecule has 10 rings (SSSR count). The maximum absolute atomic E-state index is 5.24. The SMILES string of the molecule is Cc1cc(-c2ccccc2)nc2c1ccc1ccc(-c3cccc(-c4ccc(-c5nc(-c6ccccc6)nc(-c6ccc(-c7ccccc7)cc6)n5)cc4)c3)nc12. The highest BCUT2D eigenvalue weighted by Crippen LogP contribution is 2.33. The summed E-state index contributed by atoms with van der Waals surface area (Å²) in [6.07, 6.45) is 0. The first-order chi connectivity index (χ1) is 28.1. The summed E-state index contributed by atoms with van der Waals surface area (Å²) in [6, 6.07) is 66.9. The van der Waals surface area contributed by atoms with Gasteiger partial charge in [-0.3, -0.25) is 0 Å².